The van der Waals surface area contributed by atoms with Crippen molar-refractivity contribution in [2.45, 2.75) is 44.1 Å². The first kappa shape index (κ1) is 20.1. The van der Waals surface area contributed by atoms with Crippen molar-refractivity contribution in [1.29, 1.82) is 0 Å². The van der Waals surface area contributed by atoms with E-state index in [9.17, 15) is 0 Å². The lowest BCUT2D eigenvalue weighted by atomic mass is 9.89. The molecule has 1 aromatic rings. The summed E-state index contributed by atoms with van der Waals surface area (Å²) >= 11 is 3.33. The molecule has 0 saturated carbocycles. The van der Waals surface area contributed by atoms with Crippen LogP contribution in [0.15, 0.2) is 5.03 Å². The van der Waals surface area contributed by atoms with E-state index in [0.717, 1.165) is 11.8 Å². The summed E-state index contributed by atoms with van der Waals surface area (Å²) < 4.78 is 9.19. The van der Waals surface area contributed by atoms with Gasteiger partial charge in [0, 0.05) is 19.0 Å². The number of aromatic nitrogens is 2. The van der Waals surface area contributed by atoms with Gasteiger partial charge in [-0.25, -0.2) is 9.59 Å². The maximum absolute atomic E-state index is 9.10. The molecule has 2 bridgehead atoms. The van der Waals surface area contributed by atoms with Gasteiger partial charge in [-0.2, -0.15) is 8.75 Å². The Morgan fingerprint density at radius 3 is 2.60 bits per heavy atom. The number of piperidine rings is 1. The lowest BCUT2D eigenvalue weighted by molar-refractivity contribution is -0.159. The largest absolute Gasteiger partial charge is 0.473 e. The third kappa shape index (κ3) is 5.93. The van der Waals surface area contributed by atoms with Crippen molar-refractivity contribution in [3.05, 3.63) is 5.69 Å². The lowest BCUT2D eigenvalue weighted by Crippen LogP contribution is -2.25. The lowest BCUT2D eigenvalue weighted by Gasteiger charge is -2.21. The molecular weight excluding hydrogens is 362 g/mol. The van der Waals surface area contributed by atoms with Crippen LogP contribution in [0.5, 0.6) is 0 Å². The van der Waals surface area contributed by atoms with Crippen molar-refractivity contribution in [2.24, 2.45) is 11.8 Å². The van der Waals surface area contributed by atoms with Gasteiger partial charge in [0.05, 0.1) is 17.4 Å². The fourth-order valence-corrected chi connectivity index (χ4v) is 5.24. The molecule has 2 aliphatic heterocycles. The average Bonchev–Trinajstić information content (AvgIpc) is 3.11. The van der Waals surface area contributed by atoms with E-state index in [0.29, 0.717) is 5.92 Å². The molecule has 1 aromatic heterocycles. The van der Waals surface area contributed by atoms with Crippen LogP contribution in [0.3, 0.4) is 0 Å². The first-order chi connectivity index (χ1) is 11.9. The van der Waals surface area contributed by atoms with Gasteiger partial charge in [0.2, 0.25) is 0 Å². The molecule has 3 rings (SSSR count). The second-order valence-electron chi connectivity index (χ2n) is 6.86. The van der Waals surface area contributed by atoms with Crippen LogP contribution in [0, 0.1) is 11.8 Å². The number of carboxylic acids is 2. The van der Waals surface area contributed by atoms with Crippen molar-refractivity contribution >= 4 is 35.4 Å². The number of nitrogens with zero attached hydrogens (tertiary/aromatic N) is 3. The molecule has 0 radical (unpaired) electrons. The Bertz CT molecular complexity index is 582. The fourth-order valence-electron chi connectivity index (χ4n) is 3.23. The Morgan fingerprint density at radius 1 is 1.28 bits per heavy atom. The number of hydrogen-bond acceptors (Lipinski definition) is 7. The Labute approximate surface area is 156 Å². The molecule has 25 heavy (non-hydrogen) atoms. The van der Waals surface area contributed by atoms with Crippen LogP contribution in [-0.2, 0) is 9.59 Å². The maximum Gasteiger partial charge on any atom is 0.414 e. The molecule has 0 aromatic carbocycles. The predicted octanol–water partition coefficient (Wildman–Crippen LogP) is 2.64. The van der Waals surface area contributed by atoms with Crippen LogP contribution in [0.1, 0.15) is 44.7 Å². The standard InChI is InChI=1S/C14H23N3S2.C2H2O4/c1-10(2)5-7-18-14-13(15-19-16-14)12-9-17-6-3-4-11(12)8-17;3-1(4)2(5)6/h10-12H,3-9H2,1-2H3;(H,3,4)(H,5,6). The molecule has 0 spiro atoms. The SMILES string of the molecule is CC(C)CCSc1nsnc1C1CN2CCCC1C2.O=C(O)C(=O)O. The number of carbonyl (C=O) groups is 2. The smallest absolute Gasteiger partial charge is 0.414 e. The Kier molecular flexibility index (Phi) is 7.64. The van der Waals surface area contributed by atoms with Gasteiger partial charge in [0.1, 0.15) is 5.03 Å². The maximum atomic E-state index is 9.10. The van der Waals surface area contributed by atoms with E-state index in [1.54, 1.807) is 0 Å². The second-order valence-corrected chi connectivity index (χ2v) is 8.48. The Morgan fingerprint density at radius 2 is 2.00 bits per heavy atom. The van der Waals surface area contributed by atoms with Crippen molar-refractivity contribution in [3.8, 4) is 0 Å². The van der Waals surface area contributed by atoms with E-state index in [2.05, 4.69) is 27.5 Å². The molecule has 2 fully saturated rings. The normalized spacial score (nSPS) is 24.7. The topological polar surface area (TPSA) is 104 Å². The van der Waals surface area contributed by atoms with Crippen LogP contribution < -0.4 is 0 Å². The van der Waals surface area contributed by atoms with Crippen LogP contribution >= 0.6 is 23.5 Å². The van der Waals surface area contributed by atoms with Gasteiger partial charge in [-0.1, -0.05) is 13.8 Å². The van der Waals surface area contributed by atoms with Gasteiger partial charge >= 0.3 is 11.9 Å². The number of fused-ring (bicyclic) bond motifs is 2. The summed E-state index contributed by atoms with van der Waals surface area (Å²) in [4.78, 5) is 20.8. The quantitative estimate of drug-likeness (QED) is 0.587. The van der Waals surface area contributed by atoms with Crippen LogP contribution in [-0.4, -0.2) is 61.2 Å². The van der Waals surface area contributed by atoms with Gasteiger partial charge in [-0.15, -0.1) is 11.8 Å². The molecule has 7 nitrogen and oxygen atoms in total. The molecule has 3 heterocycles. The summed E-state index contributed by atoms with van der Waals surface area (Å²) in [6.07, 6.45) is 4.02. The van der Waals surface area contributed by atoms with Crippen molar-refractivity contribution < 1.29 is 19.8 Å². The summed E-state index contributed by atoms with van der Waals surface area (Å²) in [6, 6.07) is 0. The molecule has 140 valence electrons. The van der Waals surface area contributed by atoms with Crippen molar-refractivity contribution in [1.82, 2.24) is 13.6 Å². The summed E-state index contributed by atoms with van der Waals surface area (Å²) in [6.45, 7) is 8.37. The summed E-state index contributed by atoms with van der Waals surface area (Å²) in [7, 11) is 0. The van der Waals surface area contributed by atoms with E-state index in [1.165, 1.54) is 67.1 Å². The third-order valence-corrected chi connectivity index (χ3v) is 6.19. The fraction of sp³-hybridized carbons (Fsp3) is 0.750. The second kappa shape index (κ2) is 9.49. The number of thioether (sulfide) groups is 1. The number of aliphatic carboxylic acids is 2. The minimum Gasteiger partial charge on any atom is -0.473 e. The summed E-state index contributed by atoms with van der Waals surface area (Å²) in [5.74, 6) is -0.203. The van der Waals surface area contributed by atoms with Crippen LogP contribution in [0.2, 0.25) is 0 Å². The molecular formula is C16H25N3O4S2. The van der Waals surface area contributed by atoms with Crippen LogP contribution in [0.4, 0.5) is 0 Å². The van der Waals surface area contributed by atoms with Gasteiger partial charge < -0.3 is 15.1 Å². The number of carboxylic acid groups (broad SMARTS) is 2. The predicted molar refractivity (Wildman–Crippen MR) is 97.3 cm³/mol. The number of rotatable bonds is 5. The zero-order chi connectivity index (χ0) is 18.4. The van der Waals surface area contributed by atoms with Gasteiger partial charge in [0.15, 0.2) is 0 Å². The molecule has 3 unspecified atom stereocenters. The minimum atomic E-state index is -1.82. The van der Waals surface area contributed by atoms with E-state index < -0.39 is 11.9 Å². The molecule has 2 N–H and O–H groups in total. The highest BCUT2D eigenvalue weighted by molar-refractivity contribution is 7.99. The van der Waals surface area contributed by atoms with E-state index in [1.807, 2.05) is 11.8 Å². The first-order valence-corrected chi connectivity index (χ1v) is 10.2. The highest BCUT2D eigenvalue weighted by Gasteiger charge is 2.38. The van der Waals surface area contributed by atoms with Gasteiger partial charge in [0.25, 0.3) is 0 Å². The first-order valence-electron chi connectivity index (χ1n) is 8.52. The zero-order valence-corrected chi connectivity index (χ0v) is 16.2. The van der Waals surface area contributed by atoms with Gasteiger partial charge in [-0.3, -0.25) is 0 Å². The molecule has 0 amide bonds. The third-order valence-electron chi connectivity index (χ3n) is 4.52. The molecule has 2 aliphatic rings. The van der Waals surface area contributed by atoms with Crippen molar-refractivity contribution in [2.75, 3.05) is 25.4 Å². The molecule has 0 aliphatic carbocycles. The zero-order valence-electron chi connectivity index (χ0n) is 14.6. The van der Waals surface area contributed by atoms with Crippen molar-refractivity contribution in [3.63, 3.8) is 0 Å². The van der Waals surface area contributed by atoms with E-state index in [-0.39, 0.29) is 0 Å². The summed E-state index contributed by atoms with van der Waals surface area (Å²) in [5, 5.41) is 16.0. The average molecular weight is 388 g/mol. The Balaban J connectivity index is 0.000000326. The highest BCUT2D eigenvalue weighted by atomic mass is 32.2. The van der Waals surface area contributed by atoms with E-state index >= 15 is 0 Å². The monoisotopic (exact) mass is 387 g/mol. The van der Waals surface area contributed by atoms with Gasteiger partial charge in [-0.05, 0) is 43.4 Å². The minimum absolute atomic E-state index is 0.655. The highest BCUT2D eigenvalue weighted by Crippen LogP contribution is 2.41. The van der Waals surface area contributed by atoms with Crippen LogP contribution in [0.25, 0.3) is 0 Å². The molecule has 9 heteroatoms. The number of hydrogen-bond donors (Lipinski definition) is 2. The molecule has 2 saturated heterocycles. The molecule has 3 atom stereocenters. The summed E-state index contributed by atoms with van der Waals surface area (Å²) in [5.41, 5.74) is 1.31. The Hall–Kier alpha value is -1.19. The van der Waals surface area contributed by atoms with E-state index in [4.69, 9.17) is 19.8 Å².